The fourth-order valence-corrected chi connectivity index (χ4v) is 2.37. The molecule has 4 nitrogen and oxygen atoms in total. The van der Waals surface area contributed by atoms with Crippen LogP contribution in [0, 0.1) is 5.41 Å². The Labute approximate surface area is 121 Å². The first kappa shape index (κ1) is 14.8. The van der Waals surface area contributed by atoms with Crippen molar-refractivity contribution in [3.05, 3.63) is 24.4 Å². The molecule has 1 aliphatic rings. The lowest BCUT2D eigenvalue weighted by molar-refractivity contribution is -0.132. The third-order valence-corrected chi connectivity index (χ3v) is 3.69. The number of rotatable bonds is 3. The molecule has 1 amide bonds. The molecule has 4 heteroatoms. The molecule has 0 spiro atoms. The van der Waals surface area contributed by atoms with Crippen LogP contribution >= 0.6 is 0 Å². The van der Waals surface area contributed by atoms with E-state index in [1.165, 1.54) is 0 Å². The van der Waals surface area contributed by atoms with Crippen LogP contribution in [0.2, 0.25) is 0 Å². The number of nitrogens with zero attached hydrogens (tertiary/aromatic N) is 3. The van der Waals surface area contributed by atoms with Crippen molar-refractivity contribution in [3.63, 3.8) is 0 Å². The van der Waals surface area contributed by atoms with E-state index in [1.54, 1.807) is 0 Å². The zero-order chi connectivity index (χ0) is 14.6. The summed E-state index contributed by atoms with van der Waals surface area (Å²) >= 11 is 0. The molecule has 0 aromatic carbocycles. The molecular weight excluding hydrogens is 250 g/mol. The van der Waals surface area contributed by atoms with Crippen LogP contribution in [0.15, 0.2) is 24.4 Å². The van der Waals surface area contributed by atoms with Crippen molar-refractivity contribution in [2.24, 2.45) is 5.41 Å². The van der Waals surface area contributed by atoms with Crippen LogP contribution in [0.5, 0.6) is 0 Å². The highest BCUT2D eigenvalue weighted by atomic mass is 16.2. The van der Waals surface area contributed by atoms with Gasteiger partial charge >= 0.3 is 0 Å². The average Bonchev–Trinajstić information content (AvgIpc) is 2.45. The SMILES string of the molecule is CC(C)(C)CCC(=O)N1CCN(c2ccccn2)CC1. The number of amides is 1. The molecule has 20 heavy (non-hydrogen) atoms. The second-order valence-corrected chi connectivity index (χ2v) is 6.62. The van der Waals surface area contributed by atoms with Crippen molar-refractivity contribution in [1.29, 1.82) is 0 Å². The molecule has 0 aliphatic carbocycles. The first-order chi connectivity index (χ1) is 9.46. The van der Waals surface area contributed by atoms with Gasteiger partial charge in [0.25, 0.3) is 0 Å². The molecule has 0 bridgehead atoms. The van der Waals surface area contributed by atoms with Crippen LogP contribution in [-0.4, -0.2) is 42.0 Å². The van der Waals surface area contributed by atoms with Crippen LogP contribution in [-0.2, 0) is 4.79 Å². The molecule has 0 unspecified atom stereocenters. The maximum atomic E-state index is 12.2. The van der Waals surface area contributed by atoms with Crippen molar-refractivity contribution in [1.82, 2.24) is 9.88 Å². The van der Waals surface area contributed by atoms with E-state index in [0.29, 0.717) is 12.3 Å². The van der Waals surface area contributed by atoms with Gasteiger partial charge in [-0.05, 0) is 24.0 Å². The van der Waals surface area contributed by atoms with Crippen molar-refractivity contribution in [3.8, 4) is 0 Å². The summed E-state index contributed by atoms with van der Waals surface area (Å²) < 4.78 is 0. The van der Waals surface area contributed by atoms with Gasteiger partial charge in [-0.2, -0.15) is 0 Å². The lowest BCUT2D eigenvalue weighted by Crippen LogP contribution is -2.49. The summed E-state index contributed by atoms with van der Waals surface area (Å²) in [7, 11) is 0. The quantitative estimate of drug-likeness (QED) is 0.850. The fraction of sp³-hybridized carbons (Fsp3) is 0.625. The Morgan fingerprint density at radius 1 is 1.20 bits per heavy atom. The third kappa shape index (κ3) is 4.22. The Balaban J connectivity index is 1.81. The number of carbonyl (C=O) groups is 1. The average molecular weight is 275 g/mol. The molecule has 1 aromatic rings. The summed E-state index contributed by atoms with van der Waals surface area (Å²) in [5.74, 6) is 1.30. The van der Waals surface area contributed by atoms with Gasteiger partial charge in [0.1, 0.15) is 5.82 Å². The maximum absolute atomic E-state index is 12.2. The van der Waals surface area contributed by atoms with Gasteiger partial charge in [0.2, 0.25) is 5.91 Å². The predicted molar refractivity (Wildman–Crippen MR) is 81.7 cm³/mol. The van der Waals surface area contributed by atoms with E-state index in [2.05, 4.69) is 30.7 Å². The van der Waals surface area contributed by atoms with Crippen LogP contribution < -0.4 is 4.90 Å². The lowest BCUT2D eigenvalue weighted by Gasteiger charge is -2.35. The van der Waals surface area contributed by atoms with Gasteiger partial charge in [-0.15, -0.1) is 0 Å². The second kappa shape index (κ2) is 6.25. The molecule has 1 saturated heterocycles. The van der Waals surface area contributed by atoms with Crippen LogP contribution in [0.3, 0.4) is 0 Å². The van der Waals surface area contributed by atoms with Gasteiger partial charge in [0.15, 0.2) is 0 Å². The number of aromatic nitrogens is 1. The Bertz CT molecular complexity index is 431. The van der Waals surface area contributed by atoms with Gasteiger partial charge in [0.05, 0.1) is 0 Å². The molecule has 1 aromatic heterocycles. The summed E-state index contributed by atoms with van der Waals surface area (Å²) in [6, 6.07) is 5.95. The van der Waals surface area contributed by atoms with E-state index in [0.717, 1.165) is 38.4 Å². The van der Waals surface area contributed by atoms with Crippen molar-refractivity contribution in [2.75, 3.05) is 31.1 Å². The summed E-state index contributed by atoms with van der Waals surface area (Å²) in [4.78, 5) is 20.8. The summed E-state index contributed by atoms with van der Waals surface area (Å²) in [6.45, 7) is 9.90. The lowest BCUT2D eigenvalue weighted by atomic mass is 9.90. The molecule has 0 radical (unpaired) electrons. The normalized spacial score (nSPS) is 16.4. The first-order valence-corrected chi connectivity index (χ1v) is 7.39. The Morgan fingerprint density at radius 2 is 1.90 bits per heavy atom. The summed E-state index contributed by atoms with van der Waals surface area (Å²) in [5.41, 5.74) is 0.228. The zero-order valence-electron chi connectivity index (χ0n) is 12.8. The molecule has 110 valence electrons. The van der Waals surface area contributed by atoms with E-state index < -0.39 is 0 Å². The Morgan fingerprint density at radius 3 is 2.45 bits per heavy atom. The molecule has 0 N–H and O–H groups in total. The Hall–Kier alpha value is -1.58. The molecule has 0 atom stereocenters. The second-order valence-electron chi connectivity index (χ2n) is 6.62. The van der Waals surface area contributed by atoms with Gasteiger partial charge < -0.3 is 9.80 Å². The van der Waals surface area contributed by atoms with Crippen molar-refractivity contribution in [2.45, 2.75) is 33.6 Å². The molecule has 0 saturated carbocycles. The number of anilines is 1. The topological polar surface area (TPSA) is 36.4 Å². The standard InChI is InChI=1S/C16H25N3O/c1-16(2,3)8-7-15(20)19-12-10-18(11-13-19)14-6-4-5-9-17-14/h4-6,9H,7-8,10-13H2,1-3H3. The monoisotopic (exact) mass is 275 g/mol. The van der Waals surface area contributed by atoms with E-state index in [1.807, 2.05) is 29.3 Å². The van der Waals surface area contributed by atoms with Gasteiger partial charge in [-0.3, -0.25) is 4.79 Å². The predicted octanol–water partition coefficient (Wildman–Crippen LogP) is 2.56. The van der Waals surface area contributed by atoms with Crippen LogP contribution in [0.25, 0.3) is 0 Å². The molecular formula is C16H25N3O. The first-order valence-electron chi connectivity index (χ1n) is 7.39. The highest BCUT2D eigenvalue weighted by Gasteiger charge is 2.22. The maximum Gasteiger partial charge on any atom is 0.222 e. The van der Waals surface area contributed by atoms with Crippen LogP contribution in [0.4, 0.5) is 5.82 Å². The highest BCUT2D eigenvalue weighted by Crippen LogP contribution is 2.21. The van der Waals surface area contributed by atoms with Crippen LogP contribution in [0.1, 0.15) is 33.6 Å². The van der Waals surface area contributed by atoms with E-state index >= 15 is 0 Å². The molecule has 2 rings (SSSR count). The fourth-order valence-electron chi connectivity index (χ4n) is 2.37. The minimum absolute atomic E-state index is 0.228. The minimum atomic E-state index is 0.228. The Kier molecular flexibility index (Phi) is 4.63. The summed E-state index contributed by atoms with van der Waals surface area (Å²) in [5, 5.41) is 0. The largest absolute Gasteiger partial charge is 0.353 e. The molecule has 1 aliphatic heterocycles. The van der Waals surface area contributed by atoms with E-state index in [4.69, 9.17) is 0 Å². The summed E-state index contributed by atoms with van der Waals surface area (Å²) in [6.07, 6.45) is 3.43. The van der Waals surface area contributed by atoms with E-state index in [-0.39, 0.29) is 5.41 Å². The van der Waals surface area contributed by atoms with Crippen molar-refractivity contribution < 1.29 is 4.79 Å². The number of hydrogen-bond donors (Lipinski definition) is 0. The number of hydrogen-bond acceptors (Lipinski definition) is 3. The van der Waals surface area contributed by atoms with Gasteiger partial charge in [0, 0.05) is 38.8 Å². The number of piperazine rings is 1. The third-order valence-electron chi connectivity index (χ3n) is 3.69. The minimum Gasteiger partial charge on any atom is -0.353 e. The number of pyridine rings is 1. The van der Waals surface area contributed by atoms with Gasteiger partial charge in [-0.25, -0.2) is 4.98 Å². The zero-order valence-corrected chi connectivity index (χ0v) is 12.8. The smallest absolute Gasteiger partial charge is 0.222 e. The highest BCUT2D eigenvalue weighted by molar-refractivity contribution is 5.76. The number of carbonyl (C=O) groups excluding carboxylic acids is 1. The molecule has 1 fully saturated rings. The van der Waals surface area contributed by atoms with E-state index in [9.17, 15) is 4.79 Å². The van der Waals surface area contributed by atoms with Crippen molar-refractivity contribution >= 4 is 11.7 Å². The van der Waals surface area contributed by atoms with Gasteiger partial charge in [-0.1, -0.05) is 26.8 Å². The molecule has 2 heterocycles.